The summed E-state index contributed by atoms with van der Waals surface area (Å²) in [6.45, 7) is 0. The Bertz CT molecular complexity index is 608. The third-order valence-corrected chi connectivity index (χ3v) is 3.29. The van der Waals surface area contributed by atoms with E-state index in [1.54, 1.807) is 0 Å². The zero-order valence-electron chi connectivity index (χ0n) is 7.78. The van der Waals surface area contributed by atoms with E-state index >= 15 is 0 Å². The second kappa shape index (κ2) is 4.91. The van der Waals surface area contributed by atoms with Crippen molar-refractivity contribution in [2.24, 2.45) is 0 Å². The van der Waals surface area contributed by atoms with Crippen molar-refractivity contribution in [1.82, 2.24) is 0 Å². The van der Waals surface area contributed by atoms with E-state index in [2.05, 4.69) is 0 Å². The summed E-state index contributed by atoms with van der Waals surface area (Å²) in [5, 5.41) is -2.59. The van der Waals surface area contributed by atoms with Crippen LogP contribution in [0.2, 0.25) is 5.02 Å². The van der Waals surface area contributed by atoms with Gasteiger partial charge in [-0.05, 0) is 35.3 Å². The topological polar surface area (TPSA) is 88.5 Å². The highest BCUT2D eigenvalue weighted by Crippen LogP contribution is 2.27. The molecule has 0 radical (unpaired) electrons. The van der Waals surface area contributed by atoms with Gasteiger partial charge < -0.3 is 0 Å². The molecule has 0 aliphatic rings. The van der Waals surface area contributed by atoms with Crippen LogP contribution < -0.4 is 0 Å². The van der Waals surface area contributed by atoms with Crippen molar-refractivity contribution in [1.29, 1.82) is 0 Å². The molecule has 0 bridgehead atoms. The molecule has 0 heterocycles. The molecule has 0 fully saturated rings. The number of hydrogen-bond donors (Lipinski definition) is 1. The molecule has 0 aromatic heterocycles. The minimum atomic E-state index is -4.57. The van der Waals surface area contributed by atoms with E-state index in [-0.39, 0.29) is 0 Å². The van der Waals surface area contributed by atoms with E-state index in [1.165, 1.54) is 0 Å². The fourth-order valence-corrected chi connectivity index (χ4v) is 2.39. The Morgan fingerprint density at radius 3 is 2.00 bits per heavy atom. The Balaban J connectivity index is 3.70. The summed E-state index contributed by atoms with van der Waals surface area (Å²) in [5.74, 6) is 0. The van der Waals surface area contributed by atoms with Gasteiger partial charge in [-0.2, -0.15) is 8.42 Å². The highest BCUT2D eigenvalue weighted by Gasteiger charge is 2.22. The first kappa shape index (κ1) is 14.4. The molecule has 1 aromatic carbocycles. The number of rotatable bonds is 3. The van der Waals surface area contributed by atoms with Gasteiger partial charge in [0.25, 0.3) is 20.6 Å². The third kappa shape index (κ3) is 3.17. The van der Waals surface area contributed by atoms with Crippen LogP contribution in [0.3, 0.4) is 0 Å². The van der Waals surface area contributed by atoms with Gasteiger partial charge in [-0.15, -0.1) is 0 Å². The smallest absolute Gasteiger partial charge is 0.282 e. The van der Waals surface area contributed by atoms with Gasteiger partial charge in [0.15, 0.2) is 0 Å². The van der Waals surface area contributed by atoms with Crippen molar-refractivity contribution in [3.63, 3.8) is 0 Å². The molecule has 92 valence electrons. The lowest BCUT2D eigenvalue weighted by molar-refractivity contribution is 0.105. The average molecular weight is 318 g/mol. The van der Waals surface area contributed by atoms with E-state index in [0.717, 1.165) is 6.07 Å². The van der Waals surface area contributed by atoms with Crippen LogP contribution in [0.5, 0.6) is 0 Å². The van der Waals surface area contributed by atoms with Gasteiger partial charge in [0, 0.05) is 5.56 Å². The van der Waals surface area contributed by atoms with E-state index in [4.69, 9.17) is 39.4 Å². The minimum Gasteiger partial charge on any atom is -0.282 e. The van der Waals surface area contributed by atoms with Crippen LogP contribution in [0, 0.1) is 0 Å². The predicted molar refractivity (Wildman–Crippen MR) is 61.6 cm³/mol. The van der Waals surface area contributed by atoms with E-state index < -0.39 is 41.6 Å². The summed E-state index contributed by atoms with van der Waals surface area (Å²) < 4.78 is 30.5. The molecule has 0 atom stereocenters. The van der Waals surface area contributed by atoms with Crippen LogP contribution in [0.4, 0.5) is 0 Å². The number of benzene rings is 1. The maximum atomic E-state index is 11.0. The molecule has 0 unspecified atom stereocenters. The Kier molecular flexibility index (Phi) is 4.16. The highest BCUT2D eigenvalue weighted by atomic mass is 35.5. The molecule has 1 aromatic rings. The largest absolute Gasteiger partial charge is 0.294 e. The standard InChI is InChI=1S/C8H3Cl3O5S/c9-5-2-3(17(14,15)16)1-4(7(10)12)6(5)8(11)13/h1-2H,(H,14,15,16). The van der Waals surface area contributed by atoms with Gasteiger partial charge in [0.05, 0.1) is 15.5 Å². The molecule has 0 saturated carbocycles. The van der Waals surface area contributed by atoms with E-state index in [9.17, 15) is 18.0 Å². The second-order valence-corrected chi connectivity index (χ2v) is 5.37. The number of carbonyl (C=O) groups is 2. The maximum absolute atomic E-state index is 11.0. The third-order valence-electron chi connectivity index (χ3n) is 1.77. The quantitative estimate of drug-likeness (QED) is 0.683. The lowest BCUT2D eigenvalue weighted by Crippen LogP contribution is -2.06. The molecule has 0 aliphatic heterocycles. The molecular formula is C8H3Cl3O5S. The fourth-order valence-electron chi connectivity index (χ4n) is 1.09. The molecule has 9 heteroatoms. The minimum absolute atomic E-state index is 0.399. The van der Waals surface area contributed by atoms with Crippen LogP contribution in [0.1, 0.15) is 20.7 Å². The molecule has 5 nitrogen and oxygen atoms in total. The molecule has 1 N–H and O–H groups in total. The molecule has 0 aliphatic carbocycles. The van der Waals surface area contributed by atoms with Crippen LogP contribution >= 0.6 is 34.8 Å². The van der Waals surface area contributed by atoms with Gasteiger partial charge in [-0.3, -0.25) is 14.1 Å². The summed E-state index contributed by atoms with van der Waals surface area (Å²) in [5.41, 5.74) is -0.910. The first-order valence-electron chi connectivity index (χ1n) is 3.85. The van der Waals surface area contributed by atoms with E-state index in [1.807, 2.05) is 0 Å². The zero-order valence-corrected chi connectivity index (χ0v) is 10.9. The predicted octanol–water partition coefficient (Wildman–Crippen LogP) is 2.34. The van der Waals surface area contributed by atoms with Crippen molar-refractivity contribution in [2.75, 3.05) is 0 Å². The Labute approximate surface area is 111 Å². The number of hydrogen-bond acceptors (Lipinski definition) is 4. The molecule has 0 spiro atoms. The van der Waals surface area contributed by atoms with Gasteiger partial charge in [0.1, 0.15) is 0 Å². The molecule has 0 amide bonds. The first-order valence-corrected chi connectivity index (χ1v) is 6.42. The maximum Gasteiger partial charge on any atom is 0.294 e. The number of carbonyl (C=O) groups excluding carboxylic acids is 2. The summed E-state index contributed by atoms with van der Waals surface area (Å²) in [7, 11) is -4.57. The fraction of sp³-hybridized carbons (Fsp3) is 0. The second-order valence-electron chi connectivity index (χ2n) is 2.85. The van der Waals surface area contributed by atoms with Crippen molar-refractivity contribution in [2.45, 2.75) is 4.90 Å². The Hall–Kier alpha value is -0.660. The van der Waals surface area contributed by atoms with Crippen molar-refractivity contribution < 1.29 is 22.6 Å². The number of halogens is 3. The van der Waals surface area contributed by atoms with Crippen LogP contribution in [-0.4, -0.2) is 23.5 Å². The van der Waals surface area contributed by atoms with Gasteiger partial charge >= 0.3 is 0 Å². The van der Waals surface area contributed by atoms with Crippen molar-refractivity contribution in [3.05, 3.63) is 28.3 Å². The van der Waals surface area contributed by atoms with Gasteiger partial charge in [-0.25, -0.2) is 0 Å². The summed E-state index contributed by atoms with van der Waals surface area (Å²) in [6, 6.07) is 1.50. The average Bonchev–Trinajstić information content (AvgIpc) is 2.13. The summed E-state index contributed by atoms with van der Waals surface area (Å²) >= 11 is 15.9. The molecular weight excluding hydrogens is 315 g/mol. The van der Waals surface area contributed by atoms with Crippen molar-refractivity contribution in [3.8, 4) is 0 Å². The molecule has 17 heavy (non-hydrogen) atoms. The summed E-state index contributed by atoms with van der Waals surface area (Å²) in [4.78, 5) is 21.4. The van der Waals surface area contributed by atoms with E-state index in [0.29, 0.717) is 6.07 Å². The molecule has 0 saturated heterocycles. The zero-order chi connectivity index (χ0) is 13.4. The van der Waals surface area contributed by atoms with Gasteiger partial charge in [0.2, 0.25) is 0 Å². The first-order chi connectivity index (χ1) is 7.64. The molecule has 1 rings (SSSR count). The normalized spacial score (nSPS) is 11.3. The van der Waals surface area contributed by atoms with Crippen LogP contribution in [0.25, 0.3) is 0 Å². The Morgan fingerprint density at radius 2 is 1.65 bits per heavy atom. The lowest BCUT2D eigenvalue weighted by atomic mass is 10.1. The highest BCUT2D eigenvalue weighted by molar-refractivity contribution is 7.85. The van der Waals surface area contributed by atoms with Crippen molar-refractivity contribution >= 4 is 55.4 Å². The van der Waals surface area contributed by atoms with Crippen LogP contribution in [-0.2, 0) is 10.1 Å². The Morgan fingerprint density at radius 1 is 1.12 bits per heavy atom. The lowest BCUT2D eigenvalue weighted by Gasteiger charge is -2.06. The monoisotopic (exact) mass is 316 g/mol. The summed E-state index contributed by atoms with van der Waals surface area (Å²) in [6.07, 6.45) is 0. The van der Waals surface area contributed by atoms with Gasteiger partial charge in [-0.1, -0.05) is 11.6 Å². The SMILES string of the molecule is O=C(Cl)c1cc(S(=O)(=O)O)cc(Cl)c1C(=O)Cl. The van der Waals surface area contributed by atoms with Crippen LogP contribution in [0.15, 0.2) is 17.0 Å².